The lowest BCUT2D eigenvalue weighted by Gasteiger charge is -2.23. The highest BCUT2D eigenvalue weighted by Gasteiger charge is 2.42. The summed E-state index contributed by atoms with van der Waals surface area (Å²) in [5.74, 6) is 1.39. The fourth-order valence-corrected chi connectivity index (χ4v) is 3.76. The maximum Gasteiger partial charge on any atom is 0.276 e. The van der Waals surface area contributed by atoms with Crippen molar-refractivity contribution in [1.29, 1.82) is 0 Å². The predicted molar refractivity (Wildman–Crippen MR) is 68.2 cm³/mol. The van der Waals surface area contributed by atoms with Crippen molar-refractivity contribution in [1.82, 2.24) is 10.2 Å². The van der Waals surface area contributed by atoms with E-state index in [1.807, 2.05) is 0 Å². The molecule has 0 bridgehead atoms. The van der Waals surface area contributed by atoms with Crippen molar-refractivity contribution in [2.24, 2.45) is 5.73 Å². The van der Waals surface area contributed by atoms with Gasteiger partial charge in [0.15, 0.2) is 0 Å². The largest absolute Gasteiger partial charge is 0.415 e. The third-order valence-electron chi connectivity index (χ3n) is 3.87. The molecule has 2 aliphatic rings. The second-order valence-electron chi connectivity index (χ2n) is 5.15. The Balaban J connectivity index is 1.49. The fraction of sp³-hybridized carbons (Fsp3) is 0.833. The summed E-state index contributed by atoms with van der Waals surface area (Å²) in [4.78, 5) is 0. The van der Waals surface area contributed by atoms with Crippen molar-refractivity contribution in [2.75, 3.05) is 5.75 Å². The molecule has 0 radical (unpaired) electrons. The van der Waals surface area contributed by atoms with Crippen LogP contribution in [0.15, 0.2) is 9.64 Å². The molecule has 1 saturated heterocycles. The van der Waals surface area contributed by atoms with E-state index in [2.05, 4.69) is 10.2 Å². The lowest BCUT2D eigenvalue weighted by Crippen LogP contribution is -2.25. The van der Waals surface area contributed by atoms with E-state index in [1.54, 1.807) is 11.8 Å². The highest BCUT2D eigenvalue weighted by atomic mass is 32.2. The van der Waals surface area contributed by atoms with Gasteiger partial charge in [-0.3, -0.25) is 0 Å². The maximum absolute atomic E-state index is 6.23. The van der Waals surface area contributed by atoms with Gasteiger partial charge in [-0.15, -0.1) is 10.2 Å². The van der Waals surface area contributed by atoms with Gasteiger partial charge in [-0.25, -0.2) is 0 Å². The third-order valence-corrected chi connectivity index (χ3v) is 4.82. The van der Waals surface area contributed by atoms with Crippen LogP contribution in [0.1, 0.15) is 44.4 Å². The van der Waals surface area contributed by atoms with Crippen LogP contribution in [0.4, 0.5) is 0 Å². The smallest absolute Gasteiger partial charge is 0.276 e. The van der Waals surface area contributed by atoms with Gasteiger partial charge < -0.3 is 14.9 Å². The molecule has 1 atom stereocenters. The van der Waals surface area contributed by atoms with Crippen molar-refractivity contribution < 1.29 is 9.15 Å². The molecule has 1 unspecified atom stereocenters. The molecule has 2 fully saturated rings. The molecule has 3 rings (SSSR count). The maximum atomic E-state index is 6.23. The molecule has 1 spiro atoms. The third kappa shape index (κ3) is 2.55. The summed E-state index contributed by atoms with van der Waals surface area (Å²) in [6, 6.07) is 0. The SMILES string of the molecule is NCc1nnc(SCC2CCC3(CCCC3)O2)o1. The van der Waals surface area contributed by atoms with Gasteiger partial charge in [-0.2, -0.15) is 0 Å². The molecule has 1 aromatic heterocycles. The molecular weight excluding hydrogens is 250 g/mol. The van der Waals surface area contributed by atoms with Crippen LogP contribution in [0.5, 0.6) is 0 Å². The monoisotopic (exact) mass is 269 g/mol. The van der Waals surface area contributed by atoms with Crippen LogP contribution in [0.3, 0.4) is 0 Å². The first-order chi connectivity index (χ1) is 8.80. The Morgan fingerprint density at radius 1 is 1.28 bits per heavy atom. The van der Waals surface area contributed by atoms with Gasteiger partial charge >= 0.3 is 0 Å². The van der Waals surface area contributed by atoms with Gasteiger partial charge in [0.1, 0.15) is 0 Å². The summed E-state index contributed by atoms with van der Waals surface area (Å²) in [7, 11) is 0. The van der Waals surface area contributed by atoms with Crippen molar-refractivity contribution in [3.8, 4) is 0 Å². The molecule has 1 aromatic rings. The van der Waals surface area contributed by atoms with E-state index in [4.69, 9.17) is 14.9 Å². The Kier molecular flexibility index (Phi) is 3.59. The van der Waals surface area contributed by atoms with Gasteiger partial charge in [0.25, 0.3) is 5.22 Å². The number of thioether (sulfide) groups is 1. The summed E-state index contributed by atoms with van der Waals surface area (Å²) in [5.41, 5.74) is 5.64. The van der Waals surface area contributed by atoms with Crippen LogP contribution >= 0.6 is 11.8 Å². The number of hydrogen-bond acceptors (Lipinski definition) is 6. The summed E-state index contributed by atoms with van der Waals surface area (Å²) < 4.78 is 11.6. The molecule has 18 heavy (non-hydrogen) atoms. The van der Waals surface area contributed by atoms with E-state index >= 15 is 0 Å². The van der Waals surface area contributed by atoms with Crippen LogP contribution < -0.4 is 5.73 Å². The molecule has 2 N–H and O–H groups in total. The highest BCUT2D eigenvalue weighted by molar-refractivity contribution is 7.99. The van der Waals surface area contributed by atoms with Gasteiger partial charge in [-0.05, 0) is 25.7 Å². The normalized spacial score (nSPS) is 26.2. The Hall–Kier alpha value is -0.590. The first-order valence-electron chi connectivity index (χ1n) is 6.63. The molecule has 100 valence electrons. The van der Waals surface area contributed by atoms with Crippen molar-refractivity contribution in [3.63, 3.8) is 0 Å². The van der Waals surface area contributed by atoms with Gasteiger partial charge in [-0.1, -0.05) is 24.6 Å². The summed E-state index contributed by atoms with van der Waals surface area (Å²) in [6.45, 7) is 0.302. The van der Waals surface area contributed by atoms with Gasteiger partial charge in [0, 0.05) is 5.75 Å². The summed E-state index contributed by atoms with van der Waals surface area (Å²) in [6.07, 6.45) is 7.84. The van der Waals surface area contributed by atoms with E-state index in [1.165, 1.54) is 32.1 Å². The molecule has 0 amide bonds. The average molecular weight is 269 g/mol. The van der Waals surface area contributed by atoms with Gasteiger partial charge in [0.2, 0.25) is 5.89 Å². The van der Waals surface area contributed by atoms with Gasteiger partial charge in [0.05, 0.1) is 18.2 Å². The molecule has 1 aliphatic carbocycles. The summed E-state index contributed by atoms with van der Waals surface area (Å²) >= 11 is 1.58. The van der Waals surface area contributed by atoms with Crippen LogP contribution in [0.2, 0.25) is 0 Å². The average Bonchev–Trinajstić information content (AvgIpc) is 3.10. The lowest BCUT2D eigenvalue weighted by atomic mass is 9.98. The topological polar surface area (TPSA) is 74.2 Å². The second-order valence-corrected chi connectivity index (χ2v) is 6.12. The molecular formula is C12H19N3O2S. The minimum absolute atomic E-state index is 0.211. The van der Waals surface area contributed by atoms with E-state index in [9.17, 15) is 0 Å². The van der Waals surface area contributed by atoms with E-state index in [0.717, 1.165) is 12.2 Å². The van der Waals surface area contributed by atoms with Crippen molar-refractivity contribution >= 4 is 11.8 Å². The minimum Gasteiger partial charge on any atom is -0.415 e. The number of rotatable bonds is 4. The summed E-state index contributed by atoms with van der Waals surface area (Å²) in [5, 5.41) is 8.40. The zero-order valence-electron chi connectivity index (χ0n) is 10.4. The first-order valence-corrected chi connectivity index (χ1v) is 7.61. The lowest BCUT2D eigenvalue weighted by molar-refractivity contribution is -0.0268. The number of nitrogens with zero attached hydrogens (tertiary/aromatic N) is 2. The van der Waals surface area contributed by atoms with E-state index in [0.29, 0.717) is 23.8 Å². The van der Waals surface area contributed by atoms with Crippen molar-refractivity contribution in [3.05, 3.63) is 5.89 Å². The zero-order chi connectivity index (χ0) is 12.4. The van der Waals surface area contributed by atoms with E-state index < -0.39 is 0 Å². The van der Waals surface area contributed by atoms with Crippen LogP contribution in [0.25, 0.3) is 0 Å². The number of ether oxygens (including phenoxy) is 1. The second kappa shape index (κ2) is 5.19. The molecule has 1 aliphatic heterocycles. The minimum atomic E-state index is 0.211. The predicted octanol–water partition coefficient (Wildman–Crippen LogP) is 2.11. The molecule has 5 nitrogen and oxygen atoms in total. The van der Waals surface area contributed by atoms with Crippen molar-refractivity contribution in [2.45, 2.75) is 62.0 Å². The number of hydrogen-bond donors (Lipinski definition) is 1. The highest BCUT2D eigenvalue weighted by Crippen LogP contribution is 2.44. The standard InChI is InChI=1S/C12H19N3O2S/c13-7-10-14-15-11(16-10)18-8-9-3-6-12(17-9)4-1-2-5-12/h9H,1-8,13H2. The molecule has 0 aromatic carbocycles. The van der Waals surface area contributed by atoms with Crippen LogP contribution in [-0.2, 0) is 11.3 Å². The Labute approximate surface area is 111 Å². The Morgan fingerprint density at radius 3 is 2.83 bits per heavy atom. The first kappa shape index (κ1) is 12.4. The zero-order valence-corrected chi connectivity index (χ0v) is 11.2. The van der Waals surface area contributed by atoms with E-state index in [-0.39, 0.29) is 5.60 Å². The quantitative estimate of drug-likeness (QED) is 0.844. The number of aromatic nitrogens is 2. The number of nitrogens with two attached hydrogens (primary N) is 1. The molecule has 1 saturated carbocycles. The molecule has 6 heteroatoms. The van der Waals surface area contributed by atoms with Crippen LogP contribution in [0, 0.1) is 0 Å². The Morgan fingerprint density at radius 2 is 2.11 bits per heavy atom. The van der Waals surface area contributed by atoms with Crippen LogP contribution in [-0.4, -0.2) is 27.7 Å². The molecule has 2 heterocycles. The Bertz CT molecular complexity index is 404. The fourth-order valence-electron chi connectivity index (χ4n) is 2.94.